The molecule has 0 saturated carbocycles. The SMILES string of the molecule is Cc1n(C)c2cc3c(cc2[n+]1C)[n+](C)c(C)n3C. The number of fused-ring (bicyclic) bond motifs is 2. The Morgan fingerprint density at radius 2 is 1.17 bits per heavy atom. The van der Waals surface area contributed by atoms with Crippen LogP contribution in [0.3, 0.4) is 0 Å². The predicted octanol–water partition coefficient (Wildman–Crippen LogP) is 0.936. The first-order chi connectivity index (χ1) is 8.43. The van der Waals surface area contributed by atoms with Gasteiger partial charge < -0.3 is 0 Å². The number of nitrogens with zero attached hydrogens (tertiary/aromatic N) is 4. The number of imidazole rings is 2. The van der Waals surface area contributed by atoms with Crippen molar-refractivity contribution in [2.24, 2.45) is 28.2 Å². The first-order valence-corrected chi connectivity index (χ1v) is 6.23. The van der Waals surface area contributed by atoms with Gasteiger partial charge in [0.05, 0.1) is 28.2 Å². The molecule has 0 atom stereocenters. The van der Waals surface area contributed by atoms with Crippen molar-refractivity contribution < 1.29 is 9.13 Å². The van der Waals surface area contributed by atoms with Crippen LogP contribution in [-0.4, -0.2) is 9.13 Å². The molecule has 0 spiro atoms. The van der Waals surface area contributed by atoms with Gasteiger partial charge >= 0.3 is 0 Å². The Labute approximate surface area is 107 Å². The van der Waals surface area contributed by atoms with Crippen LogP contribution in [0.5, 0.6) is 0 Å². The average molecular weight is 244 g/mol. The summed E-state index contributed by atoms with van der Waals surface area (Å²) in [6, 6.07) is 4.56. The van der Waals surface area contributed by atoms with Crippen molar-refractivity contribution in [1.82, 2.24) is 9.13 Å². The standard InChI is InChI=1S/C14H20N4/c1-9-15(3)11-7-13-14(8-12(11)16(9)4)18(6)10(2)17(13)5/h7-8H,1-6H3/q+2. The van der Waals surface area contributed by atoms with E-state index in [4.69, 9.17) is 0 Å². The predicted molar refractivity (Wildman–Crippen MR) is 71.2 cm³/mol. The Balaban J connectivity index is 2.59. The van der Waals surface area contributed by atoms with Crippen LogP contribution in [0, 0.1) is 13.8 Å². The lowest BCUT2D eigenvalue weighted by molar-refractivity contribution is -0.656. The zero-order chi connectivity index (χ0) is 13.2. The van der Waals surface area contributed by atoms with Crippen LogP contribution in [0.15, 0.2) is 12.1 Å². The van der Waals surface area contributed by atoms with E-state index in [1.165, 1.54) is 33.7 Å². The second kappa shape index (κ2) is 3.34. The number of benzene rings is 1. The minimum absolute atomic E-state index is 1.26. The van der Waals surface area contributed by atoms with E-state index in [0.717, 1.165) is 0 Å². The molecule has 0 unspecified atom stereocenters. The van der Waals surface area contributed by atoms with Crippen molar-refractivity contribution in [1.29, 1.82) is 0 Å². The van der Waals surface area contributed by atoms with E-state index in [9.17, 15) is 0 Å². The highest BCUT2D eigenvalue weighted by Crippen LogP contribution is 2.20. The molecule has 0 amide bonds. The van der Waals surface area contributed by atoms with E-state index >= 15 is 0 Å². The largest absolute Gasteiger partial charge is 0.253 e. The van der Waals surface area contributed by atoms with Gasteiger partial charge in [0.2, 0.25) is 0 Å². The Morgan fingerprint density at radius 3 is 1.56 bits per heavy atom. The molecule has 0 fully saturated rings. The van der Waals surface area contributed by atoms with Crippen LogP contribution in [0.1, 0.15) is 11.6 Å². The maximum atomic E-state index is 2.28. The molecule has 94 valence electrons. The molecular weight excluding hydrogens is 224 g/mol. The summed E-state index contributed by atoms with van der Waals surface area (Å²) < 4.78 is 8.99. The Morgan fingerprint density at radius 1 is 0.778 bits per heavy atom. The van der Waals surface area contributed by atoms with E-state index in [1.54, 1.807) is 0 Å². The third kappa shape index (κ3) is 1.15. The van der Waals surface area contributed by atoms with Crippen LogP contribution < -0.4 is 9.13 Å². The molecule has 3 aromatic rings. The van der Waals surface area contributed by atoms with Gasteiger partial charge in [-0.3, -0.25) is 0 Å². The highest BCUT2D eigenvalue weighted by atomic mass is 15.2. The van der Waals surface area contributed by atoms with Gasteiger partial charge in [-0.25, -0.2) is 18.3 Å². The van der Waals surface area contributed by atoms with E-state index < -0.39 is 0 Å². The second-order valence-corrected chi connectivity index (χ2v) is 5.16. The minimum Gasteiger partial charge on any atom is -0.230 e. The molecule has 0 aliphatic heterocycles. The van der Waals surface area contributed by atoms with Gasteiger partial charge in [0.25, 0.3) is 11.6 Å². The lowest BCUT2D eigenvalue weighted by Crippen LogP contribution is -2.32. The fourth-order valence-electron chi connectivity index (χ4n) is 2.78. The lowest BCUT2D eigenvalue weighted by atomic mass is 10.2. The Hall–Kier alpha value is -1.84. The summed E-state index contributed by atoms with van der Waals surface area (Å²) in [4.78, 5) is 0. The molecule has 0 aliphatic carbocycles. The molecule has 4 nitrogen and oxygen atoms in total. The van der Waals surface area contributed by atoms with E-state index in [2.05, 4.69) is 72.4 Å². The normalized spacial score (nSPS) is 11.9. The number of aromatic nitrogens is 4. The quantitative estimate of drug-likeness (QED) is 0.524. The molecular formula is C14H20N4+2. The summed E-state index contributed by atoms with van der Waals surface area (Å²) in [5, 5.41) is 0. The van der Waals surface area contributed by atoms with Crippen LogP contribution in [0.4, 0.5) is 0 Å². The molecule has 0 radical (unpaired) electrons. The van der Waals surface area contributed by atoms with Crippen LogP contribution >= 0.6 is 0 Å². The lowest BCUT2D eigenvalue weighted by Gasteiger charge is -1.90. The van der Waals surface area contributed by atoms with Gasteiger partial charge in [0.15, 0.2) is 22.1 Å². The molecule has 2 heterocycles. The average Bonchev–Trinajstić information content (AvgIpc) is 2.71. The summed E-state index contributed by atoms with van der Waals surface area (Å²) >= 11 is 0. The first kappa shape index (κ1) is 11.3. The minimum atomic E-state index is 1.26. The molecule has 18 heavy (non-hydrogen) atoms. The van der Waals surface area contributed by atoms with E-state index in [1.807, 2.05) is 0 Å². The zero-order valence-electron chi connectivity index (χ0n) is 11.9. The summed E-state index contributed by atoms with van der Waals surface area (Å²) in [5.74, 6) is 2.53. The summed E-state index contributed by atoms with van der Waals surface area (Å²) in [5.41, 5.74) is 5.12. The van der Waals surface area contributed by atoms with Gasteiger partial charge in [-0.15, -0.1) is 0 Å². The third-order valence-corrected chi connectivity index (χ3v) is 4.46. The van der Waals surface area contributed by atoms with E-state index in [0.29, 0.717) is 0 Å². The fourth-order valence-corrected chi connectivity index (χ4v) is 2.78. The van der Waals surface area contributed by atoms with Crippen molar-refractivity contribution in [2.45, 2.75) is 13.8 Å². The number of hydrogen-bond donors (Lipinski definition) is 0. The van der Waals surface area contributed by atoms with Crippen molar-refractivity contribution >= 4 is 22.1 Å². The molecule has 4 heteroatoms. The number of hydrogen-bond acceptors (Lipinski definition) is 0. The highest BCUT2D eigenvalue weighted by molar-refractivity contribution is 5.88. The maximum Gasteiger partial charge on any atom is 0.253 e. The smallest absolute Gasteiger partial charge is 0.230 e. The van der Waals surface area contributed by atoms with E-state index in [-0.39, 0.29) is 0 Å². The van der Waals surface area contributed by atoms with Gasteiger partial charge in [0, 0.05) is 26.0 Å². The van der Waals surface area contributed by atoms with Crippen molar-refractivity contribution in [2.75, 3.05) is 0 Å². The van der Waals surface area contributed by atoms with Crippen molar-refractivity contribution in [3.05, 3.63) is 23.8 Å². The molecule has 1 aromatic carbocycles. The van der Waals surface area contributed by atoms with Gasteiger partial charge in [-0.1, -0.05) is 0 Å². The Kier molecular flexibility index (Phi) is 2.09. The number of rotatable bonds is 0. The molecule has 0 aliphatic rings. The summed E-state index contributed by atoms with van der Waals surface area (Å²) in [6.45, 7) is 4.30. The Bertz CT molecular complexity index is 663. The van der Waals surface area contributed by atoms with Crippen molar-refractivity contribution in [3.63, 3.8) is 0 Å². The second-order valence-electron chi connectivity index (χ2n) is 5.16. The topological polar surface area (TPSA) is 17.6 Å². The summed E-state index contributed by atoms with van der Waals surface area (Å²) in [7, 11) is 8.50. The molecule has 3 rings (SSSR count). The van der Waals surface area contributed by atoms with Crippen LogP contribution in [-0.2, 0) is 28.2 Å². The van der Waals surface area contributed by atoms with Gasteiger partial charge in [0.1, 0.15) is 0 Å². The highest BCUT2D eigenvalue weighted by Gasteiger charge is 2.23. The molecule has 0 bridgehead atoms. The van der Waals surface area contributed by atoms with Crippen molar-refractivity contribution in [3.8, 4) is 0 Å². The first-order valence-electron chi connectivity index (χ1n) is 6.23. The van der Waals surface area contributed by atoms with Gasteiger partial charge in [-0.2, -0.15) is 0 Å². The third-order valence-electron chi connectivity index (χ3n) is 4.46. The summed E-state index contributed by atoms with van der Waals surface area (Å²) in [6.07, 6.45) is 0. The molecule has 0 saturated heterocycles. The maximum absolute atomic E-state index is 2.28. The zero-order valence-corrected chi connectivity index (χ0v) is 11.9. The fraction of sp³-hybridized carbons (Fsp3) is 0.429. The van der Waals surface area contributed by atoms with Crippen LogP contribution in [0.25, 0.3) is 22.1 Å². The number of aryl methyl sites for hydroxylation is 4. The monoisotopic (exact) mass is 244 g/mol. The molecule has 0 N–H and O–H groups in total. The molecule has 2 aromatic heterocycles. The van der Waals surface area contributed by atoms with Crippen LogP contribution in [0.2, 0.25) is 0 Å². The van der Waals surface area contributed by atoms with Gasteiger partial charge in [-0.05, 0) is 0 Å².